The maximum atomic E-state index is 12.8. The molecule has 1 fully saturated rings. The van der Waals surface area contributed by atoms with E-state index in [0.717, 1.165) is 18.7 Å². The van der Waals surface area contributed by atoms with Gasteiger partial charge in [0, 0.05) is 45.0 Å². The molecule has 0 bridgehead atoms. The lowest BCUT2D eigenvalue weighted by Gasteiger charge is -2.36. The largest absolute Gasteiger partial charge is 0.482 e. The molecule has 1 aliphatic heterocycles. The Morgan fingerprint density at radius 1 is 0.838 bits per heavy atom. The van der Waals surface area contributed by atoms with E-state index in [9.17, 15) is 22.8 Å². The van der Waals surface area contributed by atoms with Gasteiger partial charge >= 0.3 is 11.9 Å². The molecule has 0 atom stereocenters. The summed E-state index contributed by atoms with van der Waals surface area (Å²) in [6.45, 7) is 2.82. The number of piperazine rings is 1. The number of alkyl halides is 3. The summed E-state index contributed by atoms with van der Waals surface area (Å²) >= 11 is 0. The molecular weight excluding hydrogens is 509 g/mol. The van der Waals surface area contributed by atoms with E-state index in [0.29, 0.717) is 44.8 Å². The lowest BCUT2D eigenvalue weighted by Crippen LogP contribution is -2.47. The Labute approximate surface area is 219 Å². The van der Waals surface area contributed by atoms with Crippen molar-refractivity contribution in [2.75, 3.05) is 44.2 Å². The van der Waals surface area contributed by atoms with E-state index >= 15 is 0 Å². The Morgan fingerprint density at radius 3 is 2.22 bits per heavy atom. The molecule has 4 rings (SSSR count). The number of aromatic nitrogens is 2. The summed E-state index contributed by atoms with van der Waals surface area (Å²) in [5.41, 5.74) is 0.987. The zero-order valence-electron chi connectivity index (χ0n) is 20.3. The number of nitrogens with zero attached hydrogens (tertiary/aromatic N) is 4. The van der Waals surface area contributed by atoms with Gasteiger partial charge in [-0.05, 0) is 30.7 Å². The Bertz CT molecular complexity index is 1260. The molecule has 0 amide bonds. The van der Waals surface area contributed by atoms with E-state index in [2.05, 4.69) is 4.90 Å². The first-order valence-electron chi connectivity index (χ1n) is 11.9. The molecule has 200 valence electrons. The zero-order valence-corrected chi connectivity index (χ0v) is 21.1. The fourth-order valence-electron chi connectivity index (χ4n) is 4.33. The second-order valence-electron chi connectivity index (χ2n) is 8.76. The average molecular weight is 539 g/mol. The van der Waals surface area contributed by atoms with Crippen LogP contribution >= 0.6 is 12.4 Å². The first-order chi connectivity index (χ1) is 17.3. The highest BCUT2D eigenvalue weighted by Crippen LogP contribution is 2.30. The fourth-order valence-corrected chi connectivity index (χ4v) is 4.33. The van der Waals surface area contributed by atoms with Crippen LogP contribution in [0.1, 0.15) is 12.0 Å². The highest BCUT2D eigenvalue weighted by molar-refractivity contribution is 5.85. The SMILES string of the molecule is Cl.O=c1ccn(Cc2ccccc2)c(=O)n1CCCN1CCN(c2ccccc2OCC(F)(F)F)CC1. The summed E-state index contributed by atoms with van der Waals surface area (Å²) in [6.07, 6.45) is -2.23. The second-order valence-corrected chi connectivity index (χ2v) is 8.76. The molecule has 11 heteroatoms. The van der Waals surface area contributed by atoms with Crippen molar-refractivity contribution in [2.24, 2.45) is 0 Å². The van der Waals surface area contributed by atoms with Crippen LogP contribution in [0.5, 0.6) is 5.75 Å². The quantitative estimate of drug-likeness (QED) is 0.416. The third-order valence-electron chi connectivity index (χ3n) is 6.16. The molecule has 0 unspecified atom stereocenters. The molecule has 2 aromatic carbocycles. The molecule has 1 saturated heterocycles. The van der Waals surface area contributed by atoms with Crippen molar-refractivity contribution in [3.05, 3.63) is 93.3 Å². The van der Waals surface area contributed by atoms with Gasteiger partial charge in [-0.3, -0.25) is 18.8 Å². The number of hydrogen-bond acceptors (Lipinski definition) is 5. The first kappa shape index (κ1) is 28.3. The van der Waals surface area contributed by atoms with Gasteiger partial charge in [-0.15, -0.1) is 12.4 Å². The average Bonchev–Trinajstić information content (AvgIpc) is 2.87. The number of rotatable bonds is 9. The highest BCUT2D eigenvalue weighted by Gasteiger charge is 2.29. The number of hydrogen-bond donors (Lipinski definition) is 0. The van der Waals surface area contributed by atoms with Crippen LogP contribution in [0.3, 0.4) is 0 Å². The summed E-state index contributed by atoms with van der Waals surface area (Å²) in [6, 6.07) is 17.8. The van der Waals surface area contributed by atoms with Gasteiger partial charge in [0.1, 0.15) is 5.75 Å². The van der Waals surface area contributed by atoms with Crippen molar-refractivity contribution in [1.29, 1.82) is 0 Å². The van der Waals surface area contributed by atoms with Crippen LogP contribution in [0.4, 0.5) is 18.9 Å². The van der Waals surface area contributed by atoms with Gasteiger partial charge in [0.25, 0.3) is 5.56 Å². The summed E-state index contributed by atoms with van der Waals surface area (Å²) in [4.78, 5) is 29.4. The molecule has 0 N–H and O–H groups in total. The van der Waals surface area contributed by atoms with E-state index in [1.54, 1.807) is 24.3 Å². The summed E-state index contributed by atoms with van der Waals surface area (Å²) in [5.74, 6) is 0.221. The van der Waals surface area contributed by atoms with Gasteiger partial charge in [0.15, 0.2) is 6.61 Å². The smallest absolute Gasteiger partial charge is 0.422 e. The minimum absolute atomic E-state index is 0. The lowest BCUT2D eigenvalue weighted by molar-refractivity contribution is -0.153. The van der Waals surface area contributed by atoms with Gasteiger partial charge in [0.2, 0.25) is 0 Å². The van der Waals surface area contributed by atoms with E-state index in [1.165, 1.54) is 21.4 Å². The molecular formula is C26H30ClF3N4O3. The lowest BCUT2D eigenvalue weighted by atomic mass is 10.2. The Balaban J connectivity index is 0.00000380. The summed E-state index contributed by atoms with van der Waals surface area (Å²) in [5, 5.41) is 0. The van der Waals surface area contributed by atoms with Crippen molar-refractivity contribution in [3.8, 4) is 5.75 Å². The van der Waals surface area contributed by atoms with Crippen LogP contribution in [0.15, 0.2) is 76.4 Å². The molecule has 0 aliphatic carbocycles. The van der Waals surface area contributed by atoms with Crippen molar-refractivity contribution in [1.82, 2.24) is 14.0 Å². The van der Waals surface area contributed by atoms with Gasteiger partial charge in [0.05, 0.1) is 12.2 Å². The molecule has 0 radical (unpaired) electrons. The minimum Gasteiger partial charge on any atom is -0.482 e. The fraction of sp³-hybridized carbons (Fsp3) is 0.385. The minimum atomic E-state index is -4.39. The summed E-state index contributed by atoms with van der Waals surface area (Å²) in [7, 11) is 0. The predicted octanol–water partition coefficient (Wildman–Crippen LogP) is 3.63. The van der Waals surface area contributed by atoms with Gasteiger partial charge in [-0.1, -0.05) is 42.5 Å². The summed E-state index contributed by atoms with van der Waals surface area (Å²) < 4.78 is 45.6. The third kappa shape index (κ3) is 7.87. The Hall–Kier alpha value is -3.24. The van der Waals surface area contributed by atoms with Crippen molar-refractivity contribution in [3.63, 3.8) is 0 Å². The first-order valence-corrected chi connectivity index (χ1v) is 11.9. The van der Waals surface area contributed by atoms with Gasteiger partial charge < -0.3 is 9.64 Å². The highest BCUT2D eigenvalue weighted by atomic mass is 35.5. The molecule has 0 saturated carbocycles. The number of benzene rings is 2. The van der Waals surface area contributed by atoms with Crippen LogP contribution in [0.25, 0.3) is 0 Å². The van der Waals surface area contributed by atoms with Crippen molar-refractivity contribution in [2.45, 2.75) is 25.7 Å². The molecule has 3 aromatic rings. The van der Waals surface area contributed by atoms with Crippen LogP contribution in [-0.2, 0) is 13.1 Å². The van der Waals surface area contributed by atoms with E-state index in [4.69, 9.17) is 4.74 Å². The molecule has 2 heterocycles. The normalized spacial score (nSPS) is 14.3. The standard InChI is InChI=1S/C26H29F3N4O3.ClH/c27-26(28,29)20-36-23-10-5-4-9-22(23)31-17-15-30(16-18-31)12-6-13-33-24(34)11-14-32(25(33)35)19-21-7-2-1-3-8-21;/h1-5,7-11,14H,6,12-13,15-20H2;1H. The third-order valence-corrected chi connectivity index (χ3v) is 6.16. The number of halogens is 4. The Kier molecular flexibility index (Phi) is 9.82. The molecule has 0 spiro atoms. The molecule has 37 heavy (non-hydrogen) atoms. The molecule has 1 aliphatic rings. The maximum absolute atomic E-state index is 12.8. The van der Waals surface area contributed by atoms with Crippen molar-refractivity contribution < 1.29 is 17.9 Å². The second kappa shape index (κ2) is 12.8. The number of anilines is 1. The van der Waals surface area contributed by atoms with Gasteiger partial charge in [-0.25, -0.2) is 4.79 Å². The Morgan fingerprint density at radius 2 is 1.51 bits per heavy atom. The zero-order chi connectivity index (χ0) is 25.5. The number of para-hydroxylation sites is 2. The van der Waals surface area contributed by atoms with Crippen molar-refractivity contribution >= 4 is 18.1 Å². The maximum Gasteiger partial charge on any atom is 0.422 e. The van der Waals surface area contributed by atoms with Crippen LogP contribution in [-0.4, -0.2) is 59.5 Å². The predicted molar refractivity (Wildman–Crippen MR) is 139 cm³/mol. The van der Waals surface area contributed by atoms with Gasteiger partial charge in [-0.2, -0.15) is 13.2 Å². The van der Waals surface area contributed by atoms with Crippen LogP contribution < -0.4 is 20.9 Å². The van der Waals surface area contributed by atoms with E-state index in [1.807, 2.05) is 35.2 Å². The monoisotopic (exact) mass is 538 g/mol. The molecule has 7 nitrogen and oxygen atoms in total. The molecule has 1 aromatic heterocycles. The van der Waals surface area contributed by atoms with Crippen LogP contribution in [0.2, 0.25) is 0 Å². The topological polar surface area (TPSA) is 59.7 Å². The number of ether oxygens (including phenoxy) is 1. The van der Waals surface area contributed by atoms with E-state index in [-0.39, 0.29) is 29.4 Å². The van der Waals surface area contributed by atoms with E-state index < -0.39 is 12.8 Å². The van der Waals surface area contributed by atoms with Crippen LogP contribution in [0, 0.1) is 0 Å².